The van der Waals surface area contributed by atoms with Crippen molar-refractivity contribution in [1.29, 1.82) is 0 Å². The molecule has 6 N–H and O–H groups in total. The van der Waals surface area contributed by atoms with Crippen LogP contribution in [-0.4, -0.2) is 46.2 Å². The molecule has 2 atom stereocenters. The van der Waals surface area contributed by atoms with E-state index in [4.69, 9.17) is 0 Å². The maximum absolute atomic E-state index is 13.7. The summed E-state index contributed by atoms with van der Waals surface area (Å²) in [4.78, 5) is 13.9. The average molecular weight is 512 g/mol. The Bertz CT molecular complexity index is 1360. The van der Waals surface area contributed by atoms with E-state index in [2.05, 4.69) is 27.8 Å². The molecule has 0 bridgehead atoms. The summed E-state index contributed by atoms with van der Waals surface area (Å²) in [6, 6.07) is 17.9. The van der Waals surface area contributed by atoms with E-state index in [-0.39, 0.29) is 22.0 Å². The number of aliphatic hydroxyl groups is 2. The van der Waals surface area contributed by atoms with Gasteiger partial charge in [0.15, 0.2) is 0 Å². The van der Waals surface area contributed by atoms with Crippen molar-refractivity contribution in [3.05, 3.63) is 98.4 Å². The van der Waals surface area contributed by atoms with Gasteiger partial charge < -0.3 is 25.6 Å². The van der Waals surface area contributed by atoms with Gasteiger partial charge in [-0.2, -0.15) is 0 Å². The van der Waals surface area contributed by atoms with E-state index in [1.807, 2.05) is 18.2 Å². The van der Waals surface area contributed by atoms with Gasteiger partial charge in [-0.05, 0) is 61.2 Å². The molecule has 4 rings (SSSR count). The molecule has 0 aliphatic heterocycles. The molecule has 9 heteroatoms. The summed E-state index contributed by atoms with van der Waals surface area (Å²) in [5, 5.41) is 37.3. The van der Waals surface area contributed by atoms with Crippen molar-refractivity contribution in [2.75, 3.05) is 19.6 Å². The number of phenolic OH excluding ortho intramolecular Hbond substituents is 1. The maximum atomic E-state index is 13.7. The normalized spacial score (nSPS) is 13.2. The van der Waals surface area contributed by atoms with Crippen LogP contribution in [0.4, 0.5) is 4.39 Å². The molecular weight excluding hydrogens is 481 g/mol. The van der Waals surface area contributed by atoms with Gasteiger partial charge in [-0.3, -0.25) is 10.1 Å². The SMILES string of the molecule is O=c1[nH]c2c(O)ccc(C(O)C(O)NCCc3cccc(CCNCCc4ccccc4F)c3)c2s1. The van der Waals surface area contributed by atoms with E-state index < -0.39 is 12.3 Å². The van der Waals surface area contributed by atoms with Gasteiger partial charge in [0.2, 0.25) is 0 Å². The van der Waals surface area contributed by atoms with Crippen LogP contribution in [0.25, 0.3) is 10.2 Å². The maximum Gasteiger partial charge on any atom is 0.305 e. The minimum atomic E-state index is -1.26. The van der Waals surface area contributed by atoms with E-state index >= 15 is 0 Å². The van der Waals surface area contributed by atoms with Crippen LogP contribution in [0.2, 0.25) is 0 Å². The second-order valence-corrected chi connectivity index (χ2v) is 9.63. The third-order valence-corrected chi connectivity index (χ3v) is 7.02. The van der Waals surface area contributed by atoms with Gasteiger partial charge in [-0.1, -0.05) is 59.9 Å². The number of fused-ring (bicyclic) bond motifs is 1. The van der Waals surface area contributed by atoms with Crippen LogP contribution in [0.5, 0.6) is 5.75 Å². The Kier molecular flexibility index (Phi) is 8.84. The molecule has 190 valence electrons. The second kappa shape index (κ2) is 12.2. The van der Waals surface area contributed by atoms with Gasteiger partial charge in [-0.25, -0.2) is 4.39 Å². The lowest BCUT2D eigenvalue weighted by Crippen LogP contribution is -2.36. The number of hydrogen-bond acceptors (Lipinski definition) is 7. The lowest BCUT2D eigenvalue weighted by Gasteiger charge is -2.20. The molecular formula is C27H30FN3O4S. The first-order valence-electron chi connectivity index (χ1n) is 11.9. The highest BCUT2D eigenvalue weighted by atomic mass is 32.1. The van der Waals surface area contributed by atoms with E-state index in [0.29, 0.717) is 41.8 Å². The molecule has 4 aromatic rings. The molecule has 0 aliphatic carbocycles. The number of aromatic hydroxyl groups is 1. The van der Waals surface area contributed by atoms with Crippen LogP contribution >= 0.6 is 11.3 Å². The number of aliphatic hydroxyl groups excluding tert-OH is 2. The molecule has 0 saturated heterocycles. The van der Waals surface area contributed by atoms with Crippen molar-refractivity contribution < 1.29 is 19.7 Å². The van der Waals surface area contributed by atoms with Crippen molar-refractivity contribution in [2.24, 2.45) is 0 Å². The largest absolute Gasteiger partial charge is 0.506 e. The Labute approximate surface area is 212 Å². The highest BCUT2D eigenvalue weighted by Crippen LogP contribution is 2.32. The quantitative estimate of drug-likeness (QED) is 0.129. The minimum absolute atomic E-state index is 0.0816. The number of rotatable bonds is 12. The number of H-pyrrole nitrogens is 1. The topological polar surface area (TPSA) is 118 Å². The van der Waals surface area contributed by atoms with Crippen molar-refractivity contribution in [3.8, 4) is 5.75 Å². The number of hydrogen-bond donors (Lipinski definition) is 6. The standard InChI is InChI=1S/C27H30FN3O4S/c28-21-7-2-1-6-19(21)12-14-29-13-10-17-4-3-5-18(16-17)11-15-30-26(34)24(33)20-8-9-22(32)23-25(20)36-27(35)31-23/h1-9,16,24,26,29-30,32-34H,10-15H2,(H,31,35). The summed E-state index contributed by atoms with van der Waals surface area (Å²) in [5.74, 6) is -0.252. The third-order valence-electron chi connectivity index (χ3n) is 6.08. The first kappa shape index (κ1) is 26.0. The number of thiazole rings is 1. The molecule has 3 aromatic carbocycles. The van der Waals surface area contributed by atoms with Gasteiger partial charge in [0.05, 0.1) is 4.70 Å². The second-order valence-electron chi connectivity index (χ2n) is 8.65. The Hall–Kier alpha value is -3.08. The number of halogens is 1. The molecule has 0 fully saturated rings. The zero-order valence-electron chi connectivity index (χ0n) is 19.7. The summed E-state index contributed by atoms with van der Waals surface area (Å²) in [6.45, 7) is 1.93. The molecule has 0 saturated carbocycles. The molecule has 0 radical (unpaired) electrons. The van der Waals surface area contributed by atoms with Gasteiger partial charge in [0, 0.05) is 12.1 Å². The van der Waals surface area contributed by atoms with Crippen LogP contribution < -0.4 is 15.5 Å². The van der Waals surface area contributed by atoms with Gasteiger partial charge in [-0.15, -0.1) is 0 Å². The number of benzene rings is 3. The molecule has 2 unspecified atom stereocenters. The van der Waals surface area contributed by atoms with E-state index in [9.17, 15) is 24.5 Å². The highest BCUT2D eigenvalue weighted by molar-refractivity contribution is 7.16. The number of aromatic amines is 1. The summed E-state index contributed by atoms with van der Waals surface area (Å²) >= 11 is 0.878. The molecule has 0 amide bonds. The first-order valence-corrected chi connectivity index (χ1v) is 12.7. The number of nitrogens with one attached hydrogen (secondary N) is 3. The molecule has 36 heavy (non-hydrogen) atoms. The minimum Gasteiger partial charge on any atom is -0.506 e. The van der Waals surface area contributed by atoms with E-state index in [0.717, 1.165) is 29.9 Å². The predicted octanol–water partition coefficient (Wildman–Crippen LogP) is 2.99. The van der Waals surface area contributed by atoms with Gasteiger partial charge in [0.25, 0.3) is 0 Å². The summed E-state index contributed by atoms with van der Waals surface area (Å²) < 4.78 is 14.1. The highest BCUT2D eigenvalue weighted by Gasteiger charge is 2.22. The fraction of sp³-hybridized carbons (Fsp3) is 0.296. The van der Waals surface area contributed by atoms with Crippen molar-refractivity contribution in [1.82, 2.24) is 15.6 Å². The first-order chi connectivity index (χ1) is 17.4. The molecule has 1 heterocycles. The average Bonchev–Trinajstić information content (AvgIpc) is 3.27. The fourth-order valence-corrected chi connectivity index (χ4v) is 5.04. The summed E-state index contributed by atoms with van der Waals surface area (Å²) in [5.41, 5.74) is 3.62. The van der Waals surface area contributed by atoms with Crippen LogP contribution in [0, 0.1) is 5.82 Å². The van der Waals surface area contributed by atoms with Crippen LogP contribution in [0.1, 0.15) is 28.4 Å². The zero-order chi connectivity index (χ0) is 25.5. The van der Waals surface area contributed by atoms with Crippen molar-refractivity contribution >= 4 is 21.6 Å². The van der Waals surface area contributed by atoms with Crippen molar-refractivity contribution in [2.45, 2.75) is 31.6 Å². The molecule has 0 spiro atoms. The molecule has 0 aliphatic rings. The van der Waals surface area contributed by atoms with Crippen molar-refractivity contribution in [3.63, 3.8) is 0 Å². The molecule has 1 aromatic heterocycles. The zero-order valence-corrected chi connectivity index (χ0v) is 20.5. The Balaban J connectivity index is 1.23. The predicted molar refractivity (Wildman–Crippen MR) is 140 cm³/mol. The lowest BCUT2D eigenvalue weighted by molar-refractivity contribution is -0.00168. The smallest absolute Gasteiger partial charge is 0.305 e. The fourth-order valence-electron chi connectivity index (χ4n) is 4.14. The Morgan fingerprint density at radius 3 is 2.42 bits per heavy atom. The van der Waals surface area contributed by atoms with Crippen LogP contribution in [-0.2, 0) is 19.3 Å². The number of phenols is 1. The molecule has 7 nitrogen and oxygen atoms in total. The van der Waals surface area contributed by atoms with Gasteiger partial charge in [0.1, 0.15) is 29.4 Å². The van der Waals surface area contributed by atoms with E-state index in [1.165, 1.54) is 23.8 Å². The lowest BCUT2D eigenvalue weighted by atomic mass is 10.0. The number of aromatic nitrogens is 1. The van der Waals surface area contributed by atoms with Crippen LogP contribution in [0.3, 0.4) is 0 Å². The Morgan fingerprint density at radius 1 is 0.917 bits per heavy atom. The van der Waals surface area contributed by atoms with Gasteiger partial charge >= 0.3 is 4.87 Å². The third kappa shape index (κ3) is 6.57. The summed E-state index contributed by atoms with van der Waals surface area (Å²) in [6.07, 6.45) is -0.361. The Morgan fingerprint density at radius 2 is 1.64 bits per heavy atom. The monoisotopic (exact) mass is 511 g/mol. The van der Waals surface area contributed by atoms with Crippen LogP contribution in [0.15, 0.2) is 65.5 Å². The summed E-state index contributed by atoms with van der Waals surface area (Å²) in [7, 11) is 0. The van der Waals surface area contributed by atoms with E-state index in [1.54, 1.807) is 12.1 Å².